The maximum atomic E-state index is 12.2. The van der Waals surface area contributed by atoms with Crippen LogP contribution in [-0.4, -0.2) is 36.8 Å². The molecule has 3 aliphatic carbocycles. The molecule has 2 bridgehead atoms. The van der Waals surface area contributed by atoms with E-state index in [4.69, 9.17) is 10.5 Å². The maximum absolute atomic E-state index is 12.2. The fourth-order valence-electron chi connectivity index (χ4n) is 3.44. The number of amides is 1. The summed E-state index contributed by atoms with van der Waals surface area (Å²) in [6.07, 6.45) is 3.21. The van der Waals surface area contributed by atoms with Gasteiger partial charge in [-0.05, 0) is 52.4 Å². The summed E-state index contributed by atoms with van der Waals surface area (Å²) in [5.74, 6) is -0.289. The second kappa shape index (κ2) is 5.18. The van der Waals surface area contributed by atoms with Gasteiger partial charge in [0.05, 0.1) is 16.7 Å². The molecule has 0 aromatic rings. The zero-order valence-electron chi connectivity index (χ0n) is 12.1. The number of nitrogens with one attached hydrogen (secondary N) is 1. The van der Waals surface area contributed by atoms with Gasteiger partial charge in [0.25, 0.3) is 0 Å². The van der Waals surface area contributed by atoms with E-state index in [-0.39, 0.29) is 17.5 Å². The van der Waals surface area contributed by atoms with Gasteiger partial charge in [-0.1, -0.05) is 0 Å². The zero-order chi connectivity index (χ0) is 15.0. The summed E-state index contributed by atoms with van der Waals surface area (Å²) in [6, 6.07) is 0. The van der Waals surface area contributed by atoms with Crippen molar-refractivity contribution in [3.8, 4) is 0 Å². The molecule has 1 amide bonds. The number of rotatable bonds is 4. The zero-order valence-corrected chi connectivity index (χ0v) is 13.0. The minimum atomic E-state index is -3.24. The first-order chi connectivity index (χ1) is 9.24. The number of sulfone groups is 1. The third-order valence-corrected chi connectivity index (χ3v) is 7.14. The van der Waals surface area contributed by atoms with Crippen molar-refractivity contribution < 1.29 is 17.9 Å². The number of hydrogen-bond donors (Lipinski definition) is 2. The Bertz CT molecular complexity index is 462. The molecule has 0 heterocycles. The van der Waals surface area contributed by atoms with E-state index in [2.05, 4.69) is 5.32 Å². The summed E-state index contributed by atoms with van der Waals surface area (Å²) >= 11 is 0. The lowest BCUT2D eigenvalue weighted by atomic mass is 9.65. The Hall–Kier alpha value is -0.820. The van der Waals surface area contributed by atoms with E-state index in [0.29, 0.717) is 38.5 Å². The molecule has 3 fully saturated rings. The van der Waals surface area contributed by atoms with Crippen molar-refractivity contribution in [1.29, 1.82) is 0 Å². The van der Waals surface area contributed by atoms with Crippen LogP contribution >= 0.6 is 0 Å². The minimum Gasteiger partial charge on any atom is -0.447 e. The standard InChI is InChI=1S/C13H24N2O4S/c1-10(2)19-11(16)15-12-3-6-13(7-4-12,8-5-12)20(17,18)9-14/h10H,3-9,14H2,1-2H3,(H,15,16). The first-order valence-electron chi connectivity index (χ1n) is 7.15. The average molecular weight is 304 g/mol. The summed E-state index contributed by atoms with van der Waals surface area (Å²) in [5, 5.41) is 2.95. The summed E-state index contributed by atoms with van der Waals surface area (Å²) < 4.78 is 28.8. The molecule has 0 aromatic heterocycles. The summed E-state index contributed by atoms with van der Waals surface area (Å²) in [7, 11) is -3.24. The van der Waals surface area contributed by atoms with Crippen LogP contribution in [0.2, 0.25) is 0 Å². The van der Waals surface area contributed by atoms with E-state index in [1.165, 1.54) is 0 Å². The quantitative estimate of drug-likeness (QED) is 0.815. The molecule has 116 valence electrons. The SMILES string of the molecule is CC(C)OC(=O)NC12CCC(S(=O)(=O)CN)(CC1)CC2. The molecule has 20 heavy (non-hydrogen) atoms. The van der Waals surface area contributed by atoms with Crippen LogP contribution in [0, 0.1) is 0 Å². The summed E-state index contributed by atoms with van der Waals surface area (Å²) in [6.45, 7) is 3.61. The molecule has 0 saturated heterocycles. The summed E-state index contributed by atoms with van der Waals surface area (Å²) in [4.78, 5) is 11.8. The molecule has 3 saturated carbocycles. The molecule has 0 atom stereocenters. The van der Waals surface area contributed by atoms with Crippen LogP contribution in [0.4, 0.5) is 4.79 Å². The van der Waals surface area contributed by atoms with Crippen molar-refractivity contribution in [2.45, 2.75) is 68.8 Å². The number of nitrogens with two attached hydrogens (primary N) is 1. The second-order valence-corrected chi connectivity index (χ2v) is 8.75. The number of hydrogen-bond acceptors (Lipinski definition) is 5. The van der Waals surface area contributed by atoms with Crippen LogP contribution in [0.25, 0.3) is 0 Å². The molecule has 0 spiro atoms. The molecule has 3 rings (SSSR count). The van der Waals surface area contributed by atoms with Gasteiger partial charge in [-0.2, -0.15) is 0 Å². The van der Waals surface area contributed by atoms with Gasteiger partial charge in [-0.3, -0.25) is 0 Å². The lowest BCUT2D eigenvalue weighted by molar-refractivity contribution is 0.0756. The minimum absolute atomic E-state index is 0.157. The van der Waals surface area contributed by atoms with Gasteiger partial charge < -0.3 is 15.8 Å². The van der Waals surface area contributed by atoms with Gasteiger partial charge in [0, 0.05) is 5.54 Å². The van der Waals surface area contributed by atoms with Crippen molar-refractivity contribution in [2.75, 3.05) is 5.88 Å². The fraction of sp³-hybridized carbons (Fsp3) is 0.923. The molecule has 7 heteroatoms. The Balaban J connectivity index is 2.04. The predicted molar refractivity (Wildman–Crippen MR) is 75.9 cm³/mol. The fourth-order valence-corrected chi connectivity index (χ4v) is 5.03. The van der Waals surface area contributed by atoms with Gasteiger partial charge in [0.2, 0.25) is 0 Å². The first-order valence-corrected chi connectivity index (χ1v) is 8.81. The first kappa shape index (κ1) is 15.6. The van der Waals surface area contributed by atoms with Crippen LogP contribution in [0.5, 0.6) is 0 Å². The normalized spacial score (nSPS) is 33.2. The molecule has 0 aliphatic heterocycles. The Labute approximate surface area is 120 Å². The number of ether oxygens (including phenoxy) is 1. The number of carbonyl (C=O) groups excluding carboxylic acids is 1. The van der Waals surface area contributed by atoms with Gasteiger partial charge >= 0.3 is 6.09 Å². The predicted octanol–water partition coefficient (Wildman–Crippen LogP) is 1.30. The Kier molecular flexibility index (Phi) is 4.03. The van der Waals surface area contributed by atoms with Crippen LogP contribution in [0.15, 0.2) is 0 Å². The van der Waals surface area contributed by atoms with Crippen molar-refractivity contribution in [2.24, 2.45) is 5.73 Å². The van der Waals surface area contributed by atoms with Crippen molar-refractivity contribution in [3.63, 3.8) is 0 Å². The van der Waals surface area contributed by atoms with Crippen LogP contribution in [-0.2, 0) is 14.6 Å². The molecule has 3 N–H and O–H groups in total. The lowest BCUT2D eigenvalue weighted by Gasteiger charge is -2.52. The monoisotopic (exact) mass is 304 g/mol. The summed E-state index contributed by atoms with van der Waals surface area (Å²) in [5.41, 5.74) is 5.11. The van der Waals surface area contributed by atoms with Gasteiger partial charge in [0.1, 0.15) is 0 Å². The highest BCUT2D eigenvalue weighted by Crippen LogP contribution is 2.50. The Morgan fingerprint density at radius 2 is 1.70 bits per heavy atom. The van der Waals surface area contributed by atoms with E-state index in [9.17, 15) is 13.2 Å². The highest BCUT2D eigenvalue weighted by Gasteiger charge is 2.55. The van der Waals surface area contributed by atoms with Crippen LogP contribution in [0.3, 0.4) is 0 Å². The van der Waals surface area contributed by atoms with Crippen LogP contribution < -0.4 is 11.1 Å². The van der Waals surface area contributed by atoms with E-state index in [1.807, 2.05) is 0 Å². The maximum Gasteiger partial charge on any atom is 0.407 e. The van der Waals surface area contributed by atoms with E-state index in [1.54, 1.807) is 13.8 Å². The van der Waals surface area contributed by atoms with Gasteiger partial charge in [-0.15, -0.1) is 0 Å². The number of carbonyl (C=O) groups is 1. The molecule has 0 radical (unpaired) electrons. The van der Waals surface area contributed by atoms with Crippen molar-refractivity contribution >= 4 is 15.9 Å². The second-order valence-electron chi connectivity index (χ2n) is 6.32. The lowest BCUT2D eigenvalue weighted by Crippen LogP contribution is -2.61. The molecular formula is C13H24N2O4S. The molecular weight excluding hydrogens is 280 g/mol. The average Bonchev–Trinajstić information content (AvgIpc) is 2.39. The third-order valence-electron chi connectivity index (χ3n) is 4.77. The molecule has 0 aromatic carbocycles. The molecule has 3 aliphatic rings. The topological polar surface area (TPSA) is 98.5 Å². The highest BCUT2D eigenvalue weighted by molar-refractivity contribution is 7.92. The Morgan fingerprint density at radius 3 is 2.10 bits per heavy atom. The third kappa shape index (κ3) is 2.65. The van der Waals surface area contributed by atoms with Gasteiger partial charge in [-0.25, -0.2) is 13.2 Å². The van der Waals surface area contributed by atoms with Crippen molar-refractivity contribution in [3.05, 3.63) is 0 Å². The van der Waals surface area contributed by atoms with Crippen LogP contribution in [0.1, 0.15) is 52.4 Å². The molecule has 0 unspecified atom stereocenters. The highest BCUT2D eigenvalue weighted by atomic mass is 32.2. The van der Waals surface area contributed by atoms with Crippen molar-refractivity contribution in [1.82, 2.24) is 5.32 Å². The number of alkyl carbamates (subject to hydrolysis) is 1. The van der Waals surface area contributed by atoms with Gasteiger partial charge in [0.15, 0.2) is 9.84 Å². The smallest absolute Gasteiger partial charge is 0.407 e. The van der Waals surface area contributed by atoms with E-state index < -0.39 is 20.7 Å². The Morgan fingerprint density at radius 1 is 1.20 bits per heavy atom. The number of fused-ring (bicyclic) bond motifs is 3. The van der Waals surface area contributed by atoms with E-state index in [0.717, 1.165) is 0 Å². The largest absolute Gasteiger partial charge is 0.447 e. The van der Waals surface area contributed by atoms with E-state index >= 15 is 0 Å². The molecule has 6 nitrogen and oxygen atoms in total.